The van der Waals surface area contributed by atoms with Gasteiger partial charge in [-0.1, -0.05) is 24.3 Å². The average molecular weight is 312 g/mol. The van der Waals surface area contributed by atoms with E-state index in [2.05, 4.69) is 9.71 Å². The number of hydrogen-bond acceptors (Lipinski definition) is 3. The van der Waals surface area contributed by atoms with Gasteiger partial charge in [0.15, 0.2) is 0 Å². The number of nitrogens with one attached hydrogen (secondary N) is 1. The van der Waals surface area contributed by atoms with Crippen LogP contribution in [-0.4, -0.2) is 13.4 Å². The lowest BCUT2D eigenvalue weighted by Crippen LogP contribution is -2.13. The fourth-order valence-corrected chi connectivity index (χ4v) is 3.61. The molecule has 0 radical (unpaired) electrons. The summed E-state index contributed by atoms with van der Waals surface area (Å²) in [6.07, 6.45) is 1.67. The van der Waals surface area contributed by atoms with Gasteiger partial charge in [-0.05, 0) is 49.2 Å². The quantitative estimate of drug-likeness (QED) is 0.803. The third kappa shape index (κ3) is 2.80. The number of benzene rings is 2. The van der Waals surface area contributed by atoms with E-state index in [1.807, 2.05) is 38.1 Å². The summed E-state index contributed by atoms with van der Waals surface area (Å²) in [7, 11) is -3.68. The number of hydrogen-bond donors (Lipinski definition) is 1. The van der Waals surface area contributed by atoms with Crippen LogP contribution >= 0.6 is 0 Å². The molecule has 0 bridgehead atoms. The lowest BCUT2D eigenvalue weighted by atomic mass is 10.2. The van der Waals surface area contributed by atoms with Crippen molar-refractivity contribution in [2.45, 2.75) is 18.7 Å². The molecule has 3 rings (SSSR count). The zero-order valence-corrected chi connectivity index (χ0v) is 13.2. The highest BCUT2D eigenvalue weighted by Crippen LogP contribution is 2.24. The second kappa shape index (κ2) is 5.42. The van der Waals surface area contributed by atoms with Crippen LogP contribution < -0.4 is 4.72 Å². The molecule has 2 aromatic carbocycles. The summed E-state index contributed by atoms with van der Waals surface area (Å²) >= 11 is 0. The third-order valence-corrected chi connectivity index (χ3v) is 4.78. The van der Waals surface area contributed by atoms with E-state index in [0.29, 0.717) is 11.2 Å². The topological polar surface area (TPSA) is 59.1 Å². The normalized spacial score (nSPS) is 11.5. The van der Waals surface area contributed by atoms with Crippen molar-refractivity contribution in [3.8, 4) is 0 Å². The number of fused-ring (bicyclic) bond motifs is 1. The second-order valence-electron chi connectivity index (χ2n) is 5.32. The maximum Gasteiger partial charge on any atom is 0.264 e. The summed E-state index contributed by atoms with van der Waals surface area (Å²) < 4.78 is 27.9. The summed E-state index contributed by atoms with van der Waals surface area (Å²) in [5.41, 5.74) is 3.01. The smallest absolute Gasteiger partial charge is 0.264 e. The van der Waals surface area contributed by atoms with Crippen LogP contribution in [0.1, 0.15) is 11.1 Å². The van der Waals surface area contributed by atoms with Gasteiger partial charge in [0.25, 0.3) is 10.0 Å². The Morgan fingerprint density at radius 3 is 2.50 bits per heavy atom. The molecule has 1 aromatic heterocycles. The minimum absolute atomic E-state index is 0.187. The van der Waals surface area contributed by atoms with Crippen LogP contribution in [-0.2, 0) is 10.0 Å². The average Bonchev–Trinajstić information content (AvgIpc) is 2.45. The molecule has 22 heavy (non-hydrogen) atoms. The van der Waals surface area contributed by atoms with Crippen LogP contribution in [0.2, 0.25) is 0 Å². The number of rotatable bonds is 3. The van der Waals surface area contributed by atoms with Crippen molar-refractivity contribution in [1.29, 1.82) is 0 Å². The molecule has 0 saturated carbocycles. The van der Waals surface area contributed by atoms with Gasteiger partial charge in [0.05, 0.1) is 5.52 Å². The summed E-state index contributed by atoms with van der Waals surface area (Å²) in [4.78, 5) is 4.47. The number of anilines is 1. The number of nitrogens with zero attached hydrogens (tertiary/aromatic N) is 1. The van der Waals surface area contributed by atoms with E-state index in [0.717, 1.165) is 16.5 Å². The molecule has 0 saturated heterocycles. The summed E-state index contributed by atoms with van der Waals surface area (Å²) in [6, 6.07) is 14.3. The Kier molecular flexibility index (Phi) is 3.58. The largest absolute Gasteiger partial charge is 0.280 e. The molecule has 4 nitrogen and oxygen atoms in total. The van der Waals surface area contributed by atoms with Gasteiger partial charge in [0.1, 0.15) is 4.90 Å². The van der Waals surface area contributed by atoms with Crippen molar-refractivity contribution >= 4 is 26.6 Å². The molecule has 0 fully saturated rings. The van der Waals surface area contributed by atoms with Gasteiger partial charge in [-0.25, -0.2) is 8.42 Å². The molecular weight excluding hydrogens is 296 g/mol. The molecule has 1 N–H and O–H groups in total. The van der Waals surface area contributed by atoms with Gasteiger partial charge in [-0.15, -0.1) is 0 Å². The highest BCUT2D eigenvalue weighted by Gasteiger charge is 2.18. The molecule has 0 aliphatic rings. The Hall–Kier alpha value is -2.40. The number of aromatic nitrogens is 1. The van der Waals surface area contributed by atoms with Crippen LogP contribution in [0, 0.1) is 13.8 Å². The molecule has 1 heterocycles. The lowest BCUT2D eigenvalue weighted by Gasteiger charge is -2.10. The van der Waals surface area contributed by atoms with E-state index in [4.69, 9.17) is 0 Å². The molecule has 3 aromatic rings. The van der Waals surface area contributed by atoms with Crippen molar-refractivity contribution in [3.63, 3.8) is 0 Å². The maximum atomic E-state index is 12.7. The predicted molar refractivity (Wildman–Crippen MR) is 88.5 cm³/mol. The van der Waals surface area contributed by atoms with Gasteiger partial charge in [-0.3, -0.25) is 9.71 Å². The van der Waals surface area contributed by atoms with Gasteiger partial charge in [-0.2, -0.15) is 0 Å². The fraction of sp³-hybridized carbons (Fsp3) is 0.118. The monoisotopic (exact) mass is 312 g/mol. The van der Waals surface area contributed by atoms with E-state index in [1.54, 1.807) is 30.5 Å². The second-order valence-corrected chi connectivity index (χ2v) is 6.97. The highest BCUT2D eigenvalue weighted by atomic mass is 32.2. The molecule has 0 amide bonds. The van der Waals surface area contributed by atoms with Crippen LogP contribution in [0.4, 0.5) is 5.69 Å². The Morgan fingerprint density at radius 1 is 0.955 bits per heavy atom. The third-order valence-electron chi connectivity index (χ3n) is 3.37. The zero-order chi connectivity index (χ0) is 15.7. The zero-order valence-electron chi connectivity index (χ0n) is 12.4. The number of pyridine rings is 1. The van der Waals surface area contributed by atoms with Crippen LogP contribution in [0.15, 0.2) is 59.6 Å². The van der Waals surface area contributed by atoms with E-state index in [1.165, 1.54) is 0 Å². The lowest BCUT2D eigenvalue weighted by molar-refractivity contribution is 0.602. The van der Waals surface area contributed by atoms with Gasteiger partial charge < -0.3 is 0 Å². The Balaban J connectivity index is 2.09. The fourth-order valence-electron chi connectivity index (χ4n) is 2.38. The molecule has 5 heteroatoms. The van der Waals surface area contributed by atoms with Gasteiger partial charge >= 0.3 is 0 Å². The summed E-state index contributed by atoms with van der Waals surface area (Å²) in [6.45, 7) is 3.85. The minimum Gasteiger partial charge on any atom is -0.280 e. The number of para-hydroxylation sites is 1. The first-order valence-electron chi connectivity index (χ1n) is 6.90. The van der Waals surface area contributed by atoms with Crippen molar-refractivity contribution < 1.29 is 8.42 Å². The first kappa shape index (κ1) is 14.5. The standard InChI is InChI=1S/C17H16N2O2S/c1-12-5-3-7-15(10-12)19-22(20,21)16-8-4-6-14-9-13(2)11-18-17(14)16/h3-11,19H,1-2H3. The van der Waals surface area contributed by atoms with E-state index < -0.39 is 10.0 Å². The first-order chi connectivity index (χ1) is 10.5. The maximum absolute atomic E-state index is 12.7. The molecule has 0 aliphatic heterocycles. The van der Waals surface area contributed by atoms with Crippen LogP contribution in [0.5, 0.6) is 0 Å². The van der Waals surface area contributed by atoms with Gasteiger partial charge in [0.2, 0.25) is 0 Å². The highest BCUT2D eigenvalue weighted by molar-refractivity contribution is 7.93. The Labute approximate surface area is 129 Å². The molecule has 0 atom stereocenters. The van der Waals surface area contributed by atoms with Gasteiger partial charge in [0, 0.05) is 17.3 Å². The predicted octanol–water partition coefficient (Wildman–Crippen LogP) is 3.65. The van der Waals surface area contributed by atoms with Crippen LogP contribution in [0.3, 0.4) is 0 Å². The number of aryl methyl sites for hydroxylation is 2. The van der Waals surface area contributed by atoms with Crippen molar-refractivity contribution in [3.05, 3.63) is 65.9 Å². The molecule has 0 spiro atoms. The van der Waals surface area contributed by atoms with E-state index in [9.17, 15) is 8.42 Å². The molecule has 0 aliphatic carbocycles. The van der Waals surface area contributed by atoms with Crippen molar-refractivity contribution in [2.24, 2.45) is 0 Å². The molecular formula is C17H16N2O2S. The minimum atomic E-state index is -3.68. The molecule has 112 valence electrons. The van der Waals surface area contributed by atoms with E-state index >= 15 is 0 Å². The SMILES string of the molecule is Cc1cccc(NS(=O)(=O)c2cccc3cc(C)cnc23)c1. The van der Waals surface area contributed by atoms with E-state index in [-0.39, 0.29) is 4.90 Å². The first-order valence-corrected chi connectivity index (χ1v) is 8.39. The van der Waals surface area contributed by atoms with Crippen LogP contribution in [0.25, 0.3) is 10.9 Å². The summed E-state index contributed by atoms with van der Waals surface area (Å²) in [5.74, 6) is 0. The molecule has 0 unspecified atom stereocenters. The van der Waals surface area contributed by atoms with Crippen molar-refractivity contribution in [2.75, 3.05) is 4.72 Å². The Bertz CT molecular complexity index is 950. The number of sulfonamides is 1. The van der Waals surface area contributed by atoms with Crippen molar-refractivity contribution in [1.82, 2.24) is 4.98 Å². The summed E-state index contributed by atoms with van der Waals surface area (Å²) in [5, 5.41) is 0.812. The Morgan fingerprint density at radius 2 is 1.73 bits per heavy atom.